The summed E-state index contributed by atoms with van der Waals surface area (Å²) in [7, 11) is 4.11. The fraction of sp³-hybridized carbons (Fsp3) is 0.375. The van der Waals surface area contributed by atoms with Gasteiger partial charge in [-0.25, -0.2) is 0 Å². The molecule has 1 aromatic heterocycles. The van der Waals surface area contributed by atoms with Crippen LogP contribution in [0.1, 0.15) is 30.7 Å². The molecule has 2 rings (SSSR count). The molecule has 102 valence electrons. The van der Waals surface area contributed by atoms with Crippen molar-refractivity contribution in [2.75, 3.05) is 25.5 Å². The quantitative estimate of drug-likeness (QED) is 0.860. The second-order valence-corrected chi connectivity index (χ2v) is 4.89. The SMILES string of the molecule is CCCNC(c1cccc(N(C)C)c1)c1ccco1. The summed E-state index contributed by atoms with van der Waals surface area (Å²) < 4.78 is 5.57. The van der Waals surface area contributed by atoms with E-state index in [1.165, 1.54) is 11.3 Å². The predicted molar refractivity (Wildman–Crippen MR) is 79.6 cm³/mol. The van der Waals surface area contributed by atoms with Crippen molar-refractivity contribution in [2.45, 2.75) is 19.4 Å². The molecule has 1 heterocycles. The van der Waals surface area contributed by atoms with Crippen molar-refractivity contribution in [1.82, 2.24) is 5.32 Å². The van der Waals surface area contributed by atoms with Gasteiger partial charge in [-0.05, 0) is 42.8 Å². The maximum absolute atomic E-state index is 5.57. The molecule has 0 aliphatic heterocycles. The highest BCUT2D eigenvalue weighted by Crippen LogP contribution is 2.25. The number of nitrogens with one attached hydrogen (secondary N) is 1. The third kappa shape index (κ3) is 3.38. The summed E-state index contributed by atoms with van der Waals surface area (Å²) >= 11 is 0. The van der Waals surface area contributed by atoms with Crippen LogP contribution in [0.4, 0.5) is 5.69 Å². The zero-order chi connectivity index (χ0) is 13.7. The van der Waals surface area contributed by atoms with Gasteiger partial charge in [0.15, 0.2) is 0 Å². The summed E-state index contributed by atoms with van der Waals surface area (Å²) in [4.78, 5) is 2.11. The van der Waals surface area contributed by atoms with Crippen LogP contribution in [0.25, 0.3) is 0 Å². The third-order valence-corrected chi connectivity index (χ3v) is 3.15. The molecule has 0 saturated carbocycles. The van der Waals surface area contributed by atoms with Crippen LogP contribution < -0.4 is 10.2 Å². The first-order chi connectivity index (χ1) is 9.22. The van der Waals surface area contributed by atoms with Gasteiger partial charge in [0.05, 0.1) is 12.3 Å². The van der Waals surface area contributed by atoms with E-state index >= 15 is 0 Å². The van der Waals surface area contributed by atoms with Gasteiger partial charge in [-0.3, -0.25) is 0 Å². The normalized spacial score (nSPS) is 12.4. The molecule has 0 aliphatic carbocycles. The molecule has 2 aromatic rings. The lowest BCUT2D eigenvalue weighted by Crippen LogP contribution is -2.23. The highest BCUT2D eigenvalue weighted by Gasteiger charge is 2.16. The molecule has 0 fully saturated rings. The Bertz CT molecular complexity index is 491. The molecule has 1 N–H and O–H groups in total. The molecule has 0 aliphatic rings. The van der Waals surface area contributed by atoms with Crippen molar-refractivity contribution < 1.29 is 4.42 Å². The maximum atomic E-state index is 5.57. The lowest BCUT2D eigenvalue weighted by Gasteiger charge is -2.19. The lowest BCUT2D eigenvalue weighted by atomic mass is 10.0. The van der Waals surface area contributed by atoms with Crippen molar-refractivity contribution in [2.24, 2.45) is 0 Å². The number of rotatable bonds is 6. The number of hydrogen-bond donors (Lipinski definition) is 1. The van der Waals surface area contributed by atoms with Gasteiger partial charge >= 0.3 is 0 Å². The van der Waals surface area contributed by atoms with Gasteiger partial charge in [-0.1, -0.05) is 19.1 Å². The largest absolute Gasteiger partial charge is 0.467 e. The summed E-state index contributed by atoms with van der Waals surface area (Å²) in [6.45, 7) is 3.14. The third-order valence-electron chi connectivity index (χ3n) is 3.15. The molecule has 0 saturated heterocycles. The molecular weight excluding hydrogens is 236 g/mol. The van der Waals surface area contributed by atoms with Crippen molar-refractivity contribution in [3.8, 4) is 0 Å². The average molecular weight is 258 g/mol. The Hall–Kier alpha value is -1.74. The minimum atomic E-state index is 0.120. The summed E-state index contributed by atoms with van der Waals surface area (Å²) in [6.07, 6.45) is 2.83. The van der Waals surface area contributed by atoms with Gasteiger partial charge in [-0.15, -0.1) is 0 Å². The van der Waals surface area contributed by atoms with Crippen molar-refractivity contribution in [3.05, 3.63) is 54.0 Å². The molecule has 3 nitrogen and oxygen atoms in total. The first-order valence-corrected chi connectivity index (χ1v) is 6.76. The minimum Gasteiger partial charge on any atom is -0.467 e. The fourth-order valence-corrected chi connectivity index (χ4v) is 2.11. The van der Waals surface area contributed by atoms with E-state index in [-0.39, 0.29) is 6.04 Å². The molecule has 0 radical (unpaired) electrons. The molecule has 0 spiro atoms. The zero-order valence-corrected chi connectivity index (χ0v) is 11.9. The van der Waals surface area contributed by atoms with E-state index < -0.39 is 0 Å². The van der Waals surface area contributed by atoms with E-state index in [0.717, 1.165) is 18.7 Å². The van der Waals surface area contributed by atoms with Crippen molar-refractivity contribution in [3.63, 3.8) is 0 Å². The second-order valence-electron chi connectivity index (χ2n) is 4.89. The molecule has 3 heteroatoms. The lowest BCUT2D eigenvalue weighted by molar-refractivity contribution is 0.446. The first-order valence-electron chi connectivity index (χ1n) is 6.76. The molecule has 1 unspecified atom stereocenters. The summed E-state index contributed by atoms with van der Waals surface area (Å²) in [5.41, 5.74) is 2.43. The standard InChI is InChI=1S/C16H22N2O/c1-4-10-17-16(15-9-6-11-19-15)13-7-5-8-14(12-13)18(2)3/h5-9,11-12,16-17H,4,10H2,1-3H3. The van der Waals surface area contributed by atoms with Gasteiger partial charge < -0.3 is 14.6 Å². The van der Waals surface area contributed by atoms with E-state index in [9.17, 15) is 0 Å². The number of hydrogen-bond acceptors (Lipinski definition) is 3. The topological polar surface area (TPSA) is 28.4 Å². The summed E-state index contributed by atoms with van der Waals surface area (Å²) in [6, 6.07) is 12.6. The van der Waals surface area contributed by atoms with Crippen LogP contribution in [0.2, 0.25) is 0 Å². The summed E-state index contributed by atoms with van der Waals surface area (Å²) in [5.74, 6) is 0.962. The monoisotopic (exact) mass is 258 g/mol. The number of nitrogens with zero attached hydrogens (tertiary/aromatic N) is 1. The van der Waals surface area contributed by atoms with Gasteiger partial charge in [0.25, 0.3) is 0 Å². The molecular formula is C16H22N2O. The van der Waals surface area contributed by atoms with E-state index in [4.69, 9.17) is 4.42 Å². The van der Waals surface area contributed by atoms with E-state index in [1.54, 1.807) is 6.26 Å². The van der Waals surface area contributed by atoms with Crippen LogP contribution in [-0.4, -0.2) is 20.6 Å². The predicted octanol–water partition coefficient (Wildman–Crippen LogP) is 3.43. The molecule has 0 amide bonds. The minimum absolute atomic E-state index is 0.120. The Morgan fingerprint density at radius 2 is 2.05 bits per heavy atom. The van der Waals surface area contributed by atoms with E-state index in [0.29, 0.717) is 0 Å². The Labute approximate surface area is 115 Å². The molecule has 19 heavy (non-hydrogen) atoms. The van der Waals surface area contributed by atoms with Gasteiger partial charge in [0, 0.05) is 19.8 Å². The van der Waals surface area contributed by atoms with Gasteiger partial charge in [-0.2, -0.15) is 0 Å². The highest BCUT2D eigenvalue weighted by atomic mass is 16.3. The highest BCUT2D eigenvalue weighted by molar-refractivity contribution is 5.48. The van der Waals surface area contributed by atoms with E-state index in [2.05, 4.69) is 55.5 Å². The number of furan rings is 1. The zero-order valence-electron chi connectivity index (χ0n) is 11.9. The van der Waals surface area contributed by atoms with Crippen LogP contribution in [0.3, 0.4) is 0 Å². The van der Waals surface area contributed by atoms with Gasteiger partial charge in [0.2, 0.25) is 0 Å². The number of anilines is 1. The van der Waals surface area contributed by atoms with Crippen LogP contribution in [0.15, 0.2) is 47.1 Å². The van der Waals surface area contributed by atoms with Crippen molar-refractivity contribution in [1.29, 1.82) is 0 Å². The Balaban J connectivity index is 2.29. The second kappa shape index (κ2) is 6.43. The Morgan fingerprint density at radius 3 is 2.68 bits per heavy atom. The maximum Gasteiger partial charge on any atom is 0.125 e. The first kappa shape index (κ1) is 13.7. The molecule has 1 aromatic carbocycles. The van der Waals surface area contributed by atoms with Crippen LogP contribution in [0.5, 0.6) is 0 Å². The smallest absolute Gasteiger partial charge is 0.125 e. The summed E-state index contributed by atoms with van der Waals surface area (Å²) in [5, 5.41) is 3.54. The average Bonchev–Trinajstić information content (AvgIpc) is 2.93. The Kier molecular flexibility index (Phi) is 4.63. The number of benzene rings is 1. The molecule has 1 atom stereocenters. The van der Waals surface area contributed by atoms with E-state index in [1.807, 2.05) is 12.1 Å². The van der Waals surface area contributed by atoms with Crippen LogP contribution in [0, 0.1) is 0 Å². The van der Waals surface area contributed by atoms with Gasteiger partial charge in [0.1, 0.15) is 5.76 Å². The van der Waals surface area contributed by atoms with Crippen LogP contribution in [-0.2, 0) is 0 Å². The van der Waals surface area contributed by atoms with Crippen molar-refractivity contribution >= 4 is 5.69 Å². The molecule has 0 bridgehead atoms. The van der Waals surface area contributed by atoms with Crippen LogP contribution >= 0.6 is 0 Å². The Morgan fingerprint density at radius 1 is 1.21 bits per heavy atom. The fourth-order valence-electron chi connectivity index (χ4n) is 2.11.